The Morgan fingerprint density at radius 1 is 1.26 bits per heavy atom. The number of carbonyl (C=O) groups excluding carboxylic acids is 2. The van der Waals surface area contributed by atoms with E-state index >= 15 is 0 Å². The number of halogens is 3. The summed E-state index contributed by atoms with van der Waals surface area (Å²) in [6.07, 6.45) is -3.23. The van der Waals surface area contributed by atoms with E-state index in [0.717, 1.165) is 6.07 Å². The van der Waals surface area contributed by atoms with Crippen LogP contribution in [0.4, 0.5) is 29.5 Å². The fourth-order valence-corrected chi connectivity index (χ4v) is 2.54. The normalized spacial score (nSPS) is 13.9. The van der Waals surface area contributed by atoms with Gasteiger partial charge in [0.2, 0.25) is 5.91 Å². The fourth-order valence-electron chi connectivity index (χ4n) is 2.54. The topological polar surface area (TPSA) is 87.5 Å². The molecular weight excluding hydrogens is 365 g/mol. The molecule has 1 aliphatic rings. The van der Waals surface area contributed by atoms with E-state index in [0.29, 0.717) is 18.6 Å². The lowest BCUT2D eigenvalue weighted by Gasteiger charge is -2.23. The number of alkyl halides is 3. The van der Waals surface area contributed by atoms with Gasteiger partial charge in [-0.15, -0.1) is 0 Å². The Labute approximate surface area is 152 Å². The fraction of sp³-hybridized carbons (Fsp3) is 0.353. The molecule has 1 saturated carbocycles. The number of anilines is 2. The zero-order valence-corrected chi connectivity index (χ0v) is 14.3. The molecular formula is C17H17F3N4O3. The van der Waals surface area contributed by atoms with Gasteiger partial charge in [-0.25, -0.2) is 4.79 Å². The third-order valence-corrected chi connectivity index (χ3v) is 3.93. The Hall–Kier alpha value is -3.04. The number of nitrogens with zero attached hydrogens (tertiary/aromatic N) is 2. The van der Waals surface area contributed by atoms with Crippen LogP contribution in [0.15, 0.2) is 34.9 Å². The molecule has 2 aromatic rings. The highest BCUT2D eigenvalue weighted by Crippen LogP contribution is 2.35. The molecule has 27 heavy (non-hydrogen) atoms. The summed E-state index contributed by atoms with van der Waals surface area (Å²) >= 11 is 0. The molecule has 0 bridgehead atoms. The number of aromatic nitrogens is 1. The van der Waals surface area contributed by atoms with Crippen molar-refractivity contribution in [3.05, 3.63) is 41.7 Å². The summed E-state index contributed by atoms with van der Waals surface area (Å²) in [5.41, 5.74) is -1.30. The van der Waals surface area contributed by atoms with Gasteiger partial charge in [-0.1, -0.05) is 17.3 Å². The molecule has 0 atom stereocenters. The summed E-state index contributed by atoms with van der Waals surface area (Å²) in [7, 11) is 0. The number of carbonyl (C=O) groups is 2. The summed E-state index contributed by atoms with van der Waals surface area (Å²) < 4.78 is 44.1. The molecule has 3 amide bonds. The summed E-state index contributed by atoms with van der Waals surface area (Å²) in [5.74, 6) is 0.191. The second-order valence-corrected chi connectivity index (χ2v) is 6.20. The largest absolute Gasteiger partial charge is 0.418 e. The zero-order chi connectivity index (χ0) is 19.6. The minimum atomic E-state index is -4.60. The number of benzene rings is 1. The van der Waals surface area contributed by atoms with Crippen molar-refractivity contribution in [1.29, 1.82) is 0 Å². The standard InChI is InChI=1S/C17H17F3N4O3/c1-10-8-14(23-27-10)22-15(25)9-24(11-6-7-11)16(26)21-13-5-3-2-4-12(13)17(18,19)20/h2-5,8,11H,6-7,9H2,1H3,(H,21,26)(H,22,23,25). The Bertz CT molecular complexity index is 846. The van der Waals surface area contributed by atoms with Crippen LogP contribution in [0.25, 0.3) is 0 Å². The van der Waals surface area contributed by atoms with E-state index in [9.17, 15) is 22.8 Å². The van der Waals surface area contributed by atoms with E-state index in [1.807, 2.05) is 0 Å². The molecule has 0 spiro atoms. The summed E-state index contributed by atoms with van der Waals surface area (Å²) in [5, 5.41) is 8.37. The van der Waals surface area contributed by atoms with E-state index in [2.05, 4.69) is 15.8 Å². The summed E-state index contributed by atoms with van der Waals surface area (Å²) in [6, 6.07) is 5.25. The minimum Gasteiger partial charge on any atom is -0.360 e. The van der Waals surface area contributed by atoms with Gasteiger partial charge in [0.15, 0.2) is 5.82 Å². The molecule has 0 radical (unpaired) electrons. The zero-order valence-electron chi connectivity index (χ0n) is 14.3. The van der Waals surface area contributed by atoms with Crippen LogP contribution in [0.2, 0.25) is 0 Å². The van der Waals surface area contributed by atoms with Crippen molar-refractivity contribution in [2.24, 2.45) is 0 Å². The van der Waals surface area contributed by atoms with Crippen LogP contribution in [0, 0.1) is 6.92 Å². The maximum Gasteiger partial charge on any atom is 0.418 e. The third-order valence-electron chi connectivity index (χ3n) is 3.93. The van der Waals surface area contributed by atoms with Crippen molar-refractivity contribution in [1.82, 2.24) is 10.1 Å². The SMILES string of the molecule is Cc1cc(NC(=O)CN(C(=O)Nc2ccccc2C(F)(F)F)C2CC2)no1. The third kappa shape index (κ3) is 4.78. The van der Waals surface area contributed by atoms with Crippen molar-refractivity contribution in [2.75, 3.05) is 17.2 Å². The van der Waals surface area contributed by atoms with E-state index in [1.165, 1.54) is 29.2 Å². The molecule has 1 fully saturated rings. The van der Waals surface area contributed by atoms with Gasteiger partial charge in [0.25, 0.3) is 0 Å². The smallest absolute Gasteiger partial charge is 0.360 e. The van der Waals surface area contributed by atoms with E-state index in [4.69, 9.17) is 4.52 Å². The number of hydrogen-bond acceptors (Lipinski definition) is 4. The molecule has 0 aliphatic heterocycles. The molecule has 7 nitrogen and oxygen atoms in total. The Morgan fingerprint density at radius 3 is 2.56 bits per heavy atom. The minimum absolute atomic E-state index is 0.187. The molecule has 1 aliphatic carbocycles. The van der Waals surface area contributed by atoms with Gasteiger partial charge in [-0.2, -0.15) is 13.2 Å². The van der Waals surface area contributed by atoms with Gasteiger partial charge in [0.05, 0.1) is 11.3 Å². The maximum atomic E-state index is 13.1. The molecule has 0 unspecified atom stereocenters. The molecule has 1 aromatic heterocycles. The lowest BCUT2D eigenvalue weighted by molar-refractivity contribution is -0.137. The summed E-state index contributed by atoms with van der Waals surface area (Å²) in [6.45, 7) is 1.35. The predicted octanol–water partition coefficient (Wildman–Crippen LogP) is 3.64. The first-order chi connectivity index (χ1) is 12.7. The first kappa shape index (κ1) is 18.7. The van der Waals surface area contributed by atoms with E-state index in [1.54, 1.807) is 6.92 Å². The molecule has 1 aromatic carbocycles. The highest BCUT2D eigenvalue weighted by Gasteiger charge is 2.37. The number of amides is 3. The second kappa shape index (κ2) is 7.29. The van der Waals surface area contributed by atoms with E-state index < -0.39 is 23.7 Å². The number of nitrogens with one attached hydrogen (secondary N) is 2. The average molecular weight is 382 g/mol. The quantitative estimate of drug-likeness (QED) is 0.827. The second-order valence-electron chi connectivity index (χ2n) is 6.20. The van der Waals surface area contributed by atoms with Gasteiger partial charge in [0.1, 0.15) is 12.3 Å². The van der Waals surface area contributed by atoms with Crippen LogP contribution in [0.1, 0.15) is 24.2 Å². The summed E-state index contributed by atoms with van der Waals surface area (Å²) in [4.78, 5) is 25.9. The monoisotopic (exact) mass is 382 g/mol. The van der Waals surface area contributed by atoms with Crippen LogP contribution < -0.4 is 10.6 Å². The first-order valence-corrected chi connectivity index (χ1v) is 8.21. The molecule has 2 N–H and O–H groups in total. The van der Waals surface area contributed by atoms with Crippen molar-refractivity contribution in [2.45, 2.75) is 32.0 Å². The first-order valence-electron chi connectivity index (χ1n) is 8.21. The lowest BCUT2D eigenvalue weighted by Crippen LogP contribution is -2.42. The Kier molecular flexibility index (Phi) is 5.06. The molecule has 3 rings (SSSR count). The Balaban J connectivity index is 1.69. The van der Waals surface area contributed by atoms with Gasteiger partial charge in [-0.05, 0) is 31.9 Å². The van der Waals surface area contributed by atoms with Crippen LogP contribution in [0.5, 0.6) is 0 Å². The van der Waals surface area contributed by atoms with Crippen LogP contribution in [-0.4, -0.2) is 34.6 Å². The molecule has 1 heterocycles. The van der Waals surface area contributed by atoms with Gasteiger partial charge in [-0.3, -0.25) is 4.79 Å². The van der Waals surface area contributed by atoms with Crippen molar-refractivity contribution in [3.63, 3.8) is 0 Å². The van der Waals surface area contributed by atoms with Crippen molar-refractivity contribution < 1.29 is 27.3 Å². The molecule has 10 heteroatoms. The lowest BCUT2D eigenvalue weighted by atomic mass is 10.1. The Morgan fingerprint density at radius 2 is 1.96 bits per heavy atom. The average Bonchev–Trinajstić information content (AvgIpc) is 3.35. The number of para-hydroxylation sites is 1. The van der Waals surface area contributed by atoms with Gasteiger partial charge < -0.3 is 20.1 Å². The van der Waals surface area contributed by atoms with Crippen molar-refractivity contribution >= 4 is 23.4 Å². The van der Waals surface area contributed by atoms with Crippen LogP contribution in [-0.2, 0) is 11.0 Å². The molecule has 144 valence electrons. The number of urea groups is 1. The maximum absolute atomic E-state index is 13.1. The number of aryl methyl sites for hydroxylation is 1. The molecule has 0 saturated heterocycles. The highest BCUT2D eigenvalue weighted by atomic mass is 19.4. The van der Waals surface area contributed by atoms with E-state index in [-0.39, 0.29) is 24.1 Å². The van der Waals surface area contributed by atoms with Crippen LogP contribution in [0.3, 0.4) is 0 Å². The van der Waals surface area contributed by atoms with Gasteiger partial charge in [0, 0.05) is 12.1 Å². The number of hydrogen-bond donors (Lipinski definition) is 2. The van der Waals surface area contributed by atoms with Crippen LogP contribution >= 0.6 is 0 Å². The highest BCUT2D eigenvalue weighted by molar-refractivity contribution is 5.97. The number of rotatable bonds is 5. The van der Waals surface area contributed by atoms with Gasteiger partial charge >= 0.3 is 12.2 Å². The predicted molar refractivity (Wildman–Crippen MR) is 90.1 cm³/mol. The van der Waals surface area contributed by atoms with Crippen molar-refractivity contribution in [3.8, 4) is 0 Å².